The van der Waals surface area contributed by atoms with Gasteiger partial charge in [0.25, 0.3) is 0 Å². The highest BCUT2D eigenvalue weighted by atomic mass is 28.4. The molecule has 2 bridgehead atoms. The molecule has 0 radical (unpaired) electrons. The first-order valence-electron chi connectivity index (χ1n) is 6.33. The number of fused-ring (bicyclic) bond motifs is 2. The third kappa shape index (κ3) is 1.80. The third-order valence-electron chi connectivity index (χ3n) is 4.61. The van der Waals surface area contributed by atoms with Gasteiger partial charge in [-0.3, -0.25) is 0 Å². The van der Waals surface area contributed by atoms with Crippen molar-refractivity contribution in [3.63, 3.8) is 0 Å². The van der Waals surface area contributed by atoms with E-state index >= 15 is 0 Å². The van der Waals surface area contributed by atoms with Gasteiger partial charge in [-0.15, -0.1) is 0 Å². The lowest BCUT2D eigenvalue weighted by molar-refractivity contribution is -0.0200. The first-order chi connectivity index (χ1) is 6.65. The van der Waals surface area contributed by atoms with Crippen molar-refractivity contribution in [2.24, 2.45) is 16.7 Å². The lowest BCUT2D eigenvalue weighted by Gasteiger charge is -2.45. The minimum absolute atomic E-state index is 0.410. The van der Waals surface area contributed by atoms with Crippen LogP contribution in [0.25, 0.3) is 0 Å². The van der Waals surface area contributed by atoms with Gasteiger partial charge in [-0.1, -0.05) is 20.8 Å². The van der Waals surface area contributed by atoms with Gasteiger partial charge >= 0.3 is 0 Å². The van der Waals surface area contributed by atoms with Crippen LogP contribution < -0.4 is 0 Å². The first kappa shape index (κ1) is 11.7. The maximum atomic E-state index is 6.49. The molecule has 2 saturated carbocycles. The van der Waals surface area contributed by atoms with E-state index in [1.807, 2.05) is 0 Å². The Hall–Kier alpha value is 0.177. The van der Waals surface area contributed by atoms with Gasteiger partial charge < -0.3 is 4.43 Å². The van der Waals surface area contributed by atoms with Crippen LogP contribution in [0.4, 0.5) is 0 Å². The van der Waals surface area contributed by atoms with Crippen LogP contribution in [0.3, 0.4) is 0 Å². The molecule has 2 heteroatoms. The zero-order valence-electron chi connectivity index (χ0n) is 11.2. The highest BCUT2D eigenvalue weighted by Crippen LogP contribution is 2.63. The zero-order valence-corrected chi connectivity index (χ0v) is 12.2. The Bertz CT molecular complexity index is 261. The van der Waals surface area contributed by atoms with Crippen molar-refractivity contribution in [1.82, 2.24) is 0 Å². The average molecular weight is 226 g/mol. The Kier molecular flexibility index (Phi) is 2.41. The topological polar surface area (TPSA) is 9.23 Å². The monoisotopic (exact) mass is 226 g/mol. The van der Waals surface area contributed by atoms with Gasteiger partial charge in [0.2, 0.25) is 0 Å². The molecular formula is C13H26OSi. The molecule has 2 rings (SSSR count). The third-order valence-corrected chi connectivity index (χ3v) is 5.55. The number of rotatable bonds is 2. The summed E-state index contributed by atoms with van der Waals surface area (Å²) in [7, 11) is -1.40. The molecule has 0 aromatic heterocycles. The molecule has 0 unspecified atom stereocenters. The molecule has 1 nitrogen and oxygen atoms in total. The maximum Gasteiger partial charge on any atom is 0.184 e. The van der Waals surface area contributed by atoms with Crippen molar-refractivity contribution >= 4 is 8.32 Å². The Morgan fingerprint density at radius 3 is 2.13 bits per heavy atom. The summed E-state index contributed by atoms with van der Waals surface area (Å²) in [5.74, 6) is 0.906. The van der Waals surface area contributed by atoms with Crippen molar-refractivity contribution in [3.05, 3.63) is 0 Å². The Morgan fingerprint density at radius 2 is 1.73 bits per heavy atom. The molecule has 15 heavy (non-hydrogen) atoms. The highest BCUT2D eigenvalue weighted by molar-refractivity contribution is 6.69. The molecule has 2 fully saturated rings. The smallest absolute Gasteiger partial charge is 0.184 e. The fourth-order valence-electron chi connectivity index (χ4n) is 3.90. The van der Waals surface area contributed by atoms with E-state index in [1.165, 1.54) is 19.3 Å². The van der Waals surface area contributed by atoms with Crippen LogP contribution in [-0.2, 0) is 4.43 Å². The minimum Gasteiger partial charge on any atom is -0.414 e. The fraction of sp³-hybridized carbons (Fsp3) is 1.00. The normalized spacial score (nSPS) is 43.6. The lowest BCUT2D eigenvalue weighted by Crippen LogP contribution is -2.47. The summed E-state index contributed by atoms with van der Waals surface area (Å²) in [6.45, 7) is 14.3. The molecule has 3 atom stereocenters. The molecule has 2 aliphatic carbocycles. The summed E-state index contributed by atoms with van der Waals surface area (Å²) in [4.78, 5) is 0. The van der Waals surface area contributed by atoms with Crippen LogP contribution >= 0.6 is 0 Å². The first-order valence-corrected chi connectivity index (χ1v) is 9.74. The molecule has 0 aromatic rings. The standard InChI is InChI=1S/C13H26OSi/c1-12(2)10-7-8-13(3,9-10)11(12)14-15(4,5)6/h10-11H,7-9H2,1-6H3/t10-,11-,13+/m0/s1. The summed E-state index contributed by atoms with van der Waals surface area (Å²) in [6, 6.07) is 0. The Morgan fingerprint density at radius 1 is 1.13 bits per heavy atom. The van der Waals surface area contributed by atoms with Gasteiger partial charge in [-0.2, -0.15) is 0 Å². The summed E-state index contributed by atoms with van der Waals surface area (Å²) in [6.07, 6.45) is 4.72. The molecule has 0 heterocycles. The van der Waals surface area contributed by atoms with Crippen LogP contribution in [0.1, 0.15) is 40.0 Å². The Labute approximate surface area is 95.7 Å². The molecular weight excluding hydrogens is 200 g/mol. The van der Waals surface area contributed by atoms with Crippen LogP contribution in [0.15, 0.2) is 0 Å². The van der Waals surface area contributed by atoms with Gasteiger partial charge in [0.15, 0.2) is 8.32 Å². The molecule has 0 N–H and O–H groups in total. The van der Waals surface area contributed by atoms with Crippen molar-refractivity contribution in [3.8, 4) is 0 Å². The molecule has 2 aliphatic rings. The summed E-state index contributed by atoms with van der Waals surface area (Å²) in [5, 5.41) is 0. The molecule has 0 saturated heterocycles. The van der Waals surface area contributed by atoms with E-state index in [9.17, 15) is 0 Å². The predicted octanol–water partition coefficient (Wildman–Crippen LogP) is 4.05. The van der Waals surface area contributed by atoms with Crippen molar-refractivity contribution < 1.29 is 4.43 Å². The highest BCUT2D eigenvalue weighted by Gasteiger charge is 2.60. The SMILES string of the molecule is CC1(C)[C@H]2CC[C@](C)(C2)[C@H]1O[Si](C)(C)C. The van der Waals surface area contributed by atoms with Crippen LogP contribution in [0.2, 0.25) is 19.6 Å². The van der Waals surface area contributed by atoms with Crippen molar-refractivity contribution in [2.75, 3.05) is 0 Å². The molecule has 0 aromatic carbocycles. The van der Waals surface area contributed by atoms with E-state index in [-0.39, 0.29) is 0 Å². The molecule has 0 spiro atoms. The van der Waals surface area contributed by atoms with Crippen LogP contribution in [-0.4, -0.2) is 14.4 Å². The van der Waals surface area contributed by atoms with Crippen LogP contribution in [0.5, 0.6) is 0 Å². The average Bonchev–Trinajstić information content (AvgIpc) is 2.48. The second kappa shape index (κ2) is 3.10. The van der Waals surface area contributed by atoms with E-state index in [2.05, 4.69) is 40.4 Å². The second-order valence-corrected chi connectivity index (χ2v) is 12.0. The summed E-state index contributed by atoms with van der Waals surface area (Å²) < 4.78 is 6.49. The van der Waals surface area contributed by atoms with Crippen molar-refractivity contribution in [2.45, 2.75) is 65.8 Å². The molecule has 0 amide bonds. The van der Waals surface area contributed by atoms with Gasteiger partial charge in [-0.25, -0.2) is 0 Å². The van der Waals surface area contributed by atoms with Gasteiger partial charge in [0.05, 0.1) is 6.10 Å². The van der Waals surface area contributed by atoms with Gasteiger partial charge in [0, 0.05) is 0 Å². The summed E-state index contributed by atoms with van der Waals surface area (Å²) in [5.41, 5.74) is 0.891. The molecule has 0 aliphatic heterocycles. The largest absolute Gasteiger partial charge is 0.414 e. The van der Waals surface area contributed by atoms with E-state index in [0.29, 0.717) is 16.9 Å². The number of hydrogen-bond donors (Lipinski definition) is 0. The number of hydrogen-bond acceptors (Lipinski definition) is 1. The van der Waals surface area contributed by atoms with E-state index in [4.69, 9.17) is 4.43 Å². The zero-order chi connectivity index (χ0) is 11.5. The van der Waals surface area contributed by atoms with Gasteiger partial charge in [-0.05, 0) is 55.7 Å². The summed E-state index contributed by atoms with van der Waals surface area (Å²) >= 11 is 0. The van der Waals surface area contributed by atoms with E-state index in [1.54, 1.807) is 0 Å². The predicted molar refractivity (Wildman–Crippen MR) is 67.4 cm³/mol. The fourth-order valence-corrected chi connectivity index (χ4v) is 5.20. The van der Waals surface area contributed by atoms with Crippen molar-refractivity contribution in [1.29, 1.82) is 0 Å². The van der Waals surface area contributed by atoms with E-state index < -0.39 is 8.32 Å². The minimum atomic E-state index is -1.40. The lowest BCUT2D eigenvalue weighted by atomic mass is 9.70. The molecule has 88 valence electrons. The second-order valence-electron chi connectivity index (χ2n) is 7.53. The maximum absolute atomic E-state index is 6.49. The Balaban J connectivity index is 2.23. The van der Waals surface area contributed by atoms with Gasteiger partial charge in [0.1, 0.15) is 0 Å². The van der Waals surface area contributed by atoms with E-state index in [0.717, 1.165) is 5.92 Å². The quantitative estimate of drug-likeness (QED) is 0.645. The van der Waals surface area contributed by atoms with Crippen LogP contribution in [0, 0.1) is 16.7 Å².